The predicted molar refractivity (Wildman–Crippen MR) is 67.3 cm³/mol. The summed E-state index contributed by atoms with van der Waals surface area (Å²) in [4.78, 5) is 2.40. The van der Waals surface area contributed by atoms with E-state index in [0.717, 1.165) is 38.5 Å². The normalized spacial score (nSPS) is 11.2. The Bertz CT molecular complexity index is 283. The van der Waals surface area contributed by atoms with Crippen molar-refractivity contribution in [3.8, 4) is 0 Å². The van der Waals surface area contributed by atoms with Crippen LogP contribution in [0.15, 0.2) is 16.7 Å². The Labute approximate surface area is 98.8 Å². The fourth-order valence-electron chi connectivity index (χ4n) is 1.76. The molecule has 1 N–H and O–H groups in total. The minimum absolute atomic E-state index is 0.903. The third-order valence-corrected chi connectivity index (χ3v) is 2.65. The van der Waals surface area contributed by atoms with Crippen molar-refractivity contribution in [1.82, 2.24) is 10.2 Å². The van der Waals surface area contributed by atoms with Crippen molar-refractivity contribution >= 4 is 0 Å². The lowest BCUT2D eigenvalue weighted by Gasteiger charge is -2.17. The van der Waals surface area contributed by atoms with Crippen molar-refractivity contribution in [2.75, 3.05) is 19.6 Å². The van der Waals surface area contributed by atoms with Gasteiger partial charge in [0, 0.05) is 12.1 Å². The number of hydrogen-bond acceptors (Lipinski definition) is 3. The minimum Gasteiger partial charge on any atom is -0.468 e. The molecule has 0 spiro atoms. The summed E-state index contributed by atoms with van der Waals surface area (Å²) < 4.78 is 5.56. The Balaban J connectivity index is 2.43. The van der Waals surface area contributed by atoms with Crippen LogP contribution >= 0.6 is 0 Å². The van der Waals surface area contributed by atoms with Gasteiger partial charge in [-0.3, -0.25) is 4.90 Å². The second-order valence-electron chi connectivity index (χ2n) is 4.07. The van der Waals surface area contributed by atoms with Crippen molar-refractivity contribution in [2.45, 2.75) is 40.3 Å². The van der Waals surface area contributed by atoms with E-state index >= 15 is 0 Å². The molecule has 3 heteroatoms. The summed E-state index contributed by atoms with van der Waals surface area (Å²) in [5.74, 6) is 1.07. The zero-order valence-electron chi connectivity index (χ0n) is 10.8. The first-order chi connectivity index (χ1) is 7.80. The van der Waals surface area contributed by atoms with Crippen LogP contribution in [0.4, 0.5) is 0 Å². The highest BCUT2D eigenvalue weighted by molar-refractivity contribution is 5.12. The summed E-state index contributed by atoms with van der Waals surface area (Å²) in [6.07, 6.45) is 3.05. The van der Waals surface area contributed by atoms with Crippen molar-refractivity contribution in [2.24, 2.45) is 0 Å². The maximum absolute atomic E-state index is 5.56. The molecule has 3 nitrogen and oxygen atoms in total. The third-order valence-electron chi connectivity index (χ3n) is 2.65. The van der Waals surface area contributed by atoms with Gasteiger partial charge in [0.05, 0.1) is 12.8 Å². The molecule has 0 saturated heterocycles. The Morgan fingerprint density at radius 1 is 1.31 bits per heavy atom. The second kappa shape index (κ2) is 7.47. The van der Waals surface area contributed by atoms with E-state index in [1.54, 1.807) is 0 Å². The second-order valence-corrected chi connectivity index (χ2v) is 4.07. The number of furan rings is 1. The Morgan fingerprint density at radius 3 is 2.75 bits per heavy atom. The SMILES string of the molecule is CCCN(CC)Cc1cc(CNCC)co1. The van der Waals surface area contributed by atoms with Gasteiger partial charge < -0.3 is 9.73 Å². The first-order valence-corrected chi connectivity index (χ1v) is 6.29. The average molecular weight is 224 g/mol. The average Bonchev–Trinajstić information content (AvgIpc) is 2.73. The van der Waals surface area contributed by atoms with Crippen LogP contribution in [0.25, 0.3) is 0 Å². The molecular formula is C13H24N2O. The maximum atomic E-state index is 5.56. The van der Waals surface area contributed by atoms with Gasteiger partial charge in [0.1, 0.15) is 5.76 Å². The molecule has 0 aliphatic carbocycles. The van der Waals surface area contributed by atoms with Crippen LogP contribution in [0.5, 0.6) is 0 Å². The highest BCUT2D eigenvalue weighted by Gasteiger charge is 2.06. The molecule has 0 atom stereocenters. The summed E-state index contributed by atoms with van der Waals surface area (Å²) in [5, 5.41) is 3.30. The lowest BCUT2D eigenvalue weighted by atomic mass is 10.3. The molecule has 1 aromatic rings. The molecule has 1 aromatic heterocycles. The molecule has 1 rings (SSSR count). The molecule has 16 heavy (non-hydrogen) atoms. The van der Waals surface area contributed by atoms with Crippen LogP contribution < -0.4 is 5.32 Å². The van der Waals surface area contributed by atoms with Crippen LogP contribution in [-0.4, -0.2) is 24.5 Å². The van der Waals surface area contributed by atoms with Gasteiger partial charge in [0.15, 0.2) is 0 Å². The Hall–Kier alpha value is -0.800. The lowest BCUT2D eigenvalue weighted by molar-refractivity contribution is 0.256. The smallest absolute Gasteiger partial charge is 0.118 e. The van der Waals surface area contributed by atoms with Gasteiger partial charge in [-0.2, -0.15) is 0 Å². The van der Waals surface area contributed by atoms with Gasteiger partial charge in [-0.15, -0.1) is 0 Å². The molecule has 0 fully saturated rings. The minimum atomic E-state index is 0.903. The van der Waals surface area contributed by atoms with E-state index in [0.29, 0.717) is 0 Å². The van der Waals surface area contributed by atoms with E-state index in [1.807, 2.05) is 6.26 Å². The molecular weight excluding hydrogens is 200 g/mol. The third kappa shape index (κ3) is 4.37. The number of hydrogen-bond donors (Lipinski definition) is 1. The number of nitrogens with one attached hydrogen (secondary N) is 1. The maximum Gasteiger partial charge on any atom is 0.118 e. The molecule has 0 amide bonds. The van der Waals surface area contributed by atoms with Gasteiger partial charge in [-0.1, -0.05) is 20.8 Å². The van der Waals surface area contributed by atoms with E-state index in [-0.39, 0.29) is 0 Å². The summed E-state index contributed by atoms with van der Waals surface area (Å²) in [5.41, 5.74) is 1.24. The molecule has 0 bridgehead atoms. The van der Waals surface area contributed by atoms with Crippen molar-refractivity contribution in [3.05, 3.63) is 23.7 Å². The highest BCUT2D eigenvalue weighted by Crippen LogP contribution is 2.10. The van der Waals surface area contributed by atoms with E-state index in [2.05, 4.69) is 37.1 Å². The van der Waals surface area contributed by atoms with Gasteiger partial charge in [-0.25, -0.2) is 0 Å². The molecule has 0 saturated carbocycles. The molecule has 1 heterocycles. The van der Waals surface area contributed by atoms with Gasteiger partial charge >= 0.3 is 0 Å². The van der Waals surface area contributed by atoms with Crippen LogP contribution in [0, 0.1) is 0 Å². The first-order valence-electron chi connectivity index (χ1n) is 6.29. The van der Waals surface area contributed by atoms with Crippen LogP contribution in [0.3, 0.4) is 0 Å². The summed E-state index contributed by atoms with van der Waals surface area (Å²) >= 11 is 0. The van der Waals surface area contributed by atoms with Crippen molar-refractivity contribution < 1.29 is 4.42 Å². The Kier molecular flexibility index (Phi) is 6.19. The van der Waals surface area contributed by atoms with E-state index < -0.39 is 0 Å². The van der Waals surface area contributed by atoms with E-state index in [4.69, 9.17) is 4.42 Å². The largest absolute Gasteiger partial charge is 0.468 e. The lowest BCUT2D eigenvalue weighted by Crippen LogP contribution is -2.23. The molecule has 0 aromatic carbocycles. The summed E-state index contributed by atoms with van der Waals surface area (Å²) in [7, 11) is 0. The zero-order chi connectivity index (χ0) is 11.8. The summed E-state index contributed by atoms with van der Waals surface area (Å²) in [6, 6.07) is 2.15. The summed E-state index contributed by atoms with van der Waals surface area (Å²) in [6.45, 7) is 11.6. The Morgan fingerprint density at radius 2 is 2.12 bits per heavy atom. The monoisotopic (exact) mass is 224 g/mol. The van der Waals surface area contributed by atoms with Crippen molar-refractivity contribution in [3.63, 3.8) is 0 Å². The van der Waals surface area contributed by atoms with E-state index in [9.17, 15) is 0 Å². The van der Waals surface area contributed by atoms with Gasteiger partial charge in [-0.05, 0) is 32.1 Å². The fourth-order valence-corrected chi connectivity index (χ4v) is 1.76. The van der Waals surface area contributed by atoms with Crippen LogP contribution in [0.1, 0.15) is 38.5 Å². The predicted octanol–water partition coefficient (Wildman–Crippen LogP) is 2.62. The topological polar surface area (TPSA) is 28.4 Å². The first kappa shape index (κ1) is 13.3. The molecule has 92 valence electrons. The van der Waals surface area contributed by atoms with Gasteiger partial charge in [0.25, 0.3) is 0 Å². The zero-order valence-corrected chi connectivity index (χ0v) is 10.8. The standard InChI is InChI=1S/C13H24N2O/c1-4-7-15(6-3)10-13-8-12(11-16-13)9-14-5-2/h8,11,14H,4-7,9-10H2,1-3H3. The van der Waals surface area contributed by atoms with Crippen LogP contribution in [0.2, 0.25) is 0 Å². The molecule has 0 radical (unpaired) electrons. The van der Waals surface area contributed by atoms with Crippen molar-refractivity contribution in [1.29, 1.82) is 0 Å². The van der Waals surface area contributed by atoms with Gasteiger partial charge in [0.2, 0.25) is 0 Å². The fraction of sp³-hybridized carbons (Fsp3) is 0.692. The number of nitrogens with zero attached hydrogens (tertiary/aromatic N) is 1. The molecule has 0 aliphatic rings. The molecule has 0 unspecified atom stereocenters. The van der Waals surface area contributed by atoms with E-state index in [1.165, 1.54) is 12.0 Å². The highest BCUT2D eigenvalue weighted by atomic mass is 16.3. The van der Waals surface area contributed by atoms with Crippen LogP contribution in [-0.2, 0) is 13.1 Å². The molecule has 0 aliphatic heterocycles. The number of rotatable bonds is 8. The quantitative estimate of drug-likeness (QED) is 0.736.